The van der Waals surface area contributed by atoms with E-state index in [-0.39, 0.29) is 0 Å². The number of nitrogens with zero attached hydrogens (tertiary/aromatic N) is 2. The predicted octanol–water partition coefficient (Wildman–Crippen LogP) is 2.76. The van der Waals surface area contributed by atoms with Crippen molar-refractivity contribution >= 4 is 0 Å². The molecule has 1 aliphatic heterocycles. The zero-order chi connectivity index (χ0) is 13.3. The van der Waals surface area contributed by atoms with Gasteiger partial charge in [0, 0.05) is 5.56 Å². The maximum atomic E-state index is 9.75. The van der Waals surface area contributed by atoms with Crippen LogP contribution in [0.3, 0.4) is 0 Å². The summed E-state index contributed by atoms with van der Waals surface area (Å²) in [6, 6.07) is 6.68. The van der Waals surface area contributed by atoms with Crippen LogP contribution in [0.5, 0.6) is 5.75 Å². The number of ether oxygens (including phenoxy) is 1. The molecule has 0 aliphatic carbocycles. The molecule has 18 heavy (non-hydrogen) atoms. The van der Waals surface area contributed by atoms with Gasteiger partial charge in [0.05, 0.1) is 12.7 Å². The van der Waals surface area contributed by atoms with Crippen LogP contribution in [0.25, 0.3) is 0 Å². The molecule has 1 aromatic carbocycles. The molecule has 1 aromatic rings. The second-order valence-corrected chi connectivity index (χ2v) is 5.22. The number of hydrogen-bond acceptors (Lipinski definition) is 3. The first-order chi connectivity index (χ1) is 8.53. The maximum Gasteiger partial charge on any atom is 0.138 e. The summed E-state index contributed by atoms with van der Waals surface area (Å²) in [5.74, 6) is 0.905. The van der Waals surface area contributed by atoms with Crippen LogP contribution in [-0.4, -0.2) is 25.6 Å². The summed E-state index contributed by atoms with van der Waals surface area (Å²) in [7, 11) is 3.94. The predicted molar refractivity (Wildman–Crippen MR) is 71.6 cm³/mol. The van der Waals surface area contributed by atoms with Gasteiger partial charge in [0.1, 0.15) is 11.3 Å². The first-order valence-corrected chi connectivity index (χ1v) is 6.35. The summed E-state index contributed by atoms with van der Waals surface area (Å²) < 4.78 is 5.89. The molecule has 1 unspecified atom stereocenters. The smallest absolute Gasteiger partial charge is 0.138 e. The average Bonchev–Trinajstić information content (AvgIpc) is 2.54. The van der Waals surface area contributed by atoms with E-state index in [1.54, 1.807) is 0 Å². The topological polar surface area (TPSA) is 36.3 Å². The number of fused-ring (bicyclic) bond motifs is 1. The second kappa shape index (κ2) is 4.62. The Morgan fingerprint density at radius 1 is 1.28 bits per heavy atom. The fraction of sp³-hybridized carbons (Fsp3) is 0.533. The SMILES string of the molecule is Cc1ccc(C)c2c1OCCCC2(C#N)N(C)C. The van der Waals surface area contributed by atoms with Gasteiger partial charge in [0.15, 0.2) is 0 Å². The highest BCUT2D eigenvalue weighted by molar-refractivity contribution is 5.52. The lowest BCUT2D eigenvalue weighted by Gasteiger charge is -2.34. The van der Waals surface area contributed by atoms with Crippen LogP contribution in [0.2, 0.25) is 0 Å². The van der Waals surface area contributed by atoms with Crippen LogP contribution in [0, 0.1) is 25.2 Å². The average molecular weight is 244 g/mol. The van der Waals surface area contributed by atoms with Crippen molar-refractivity contribution in [2.24, 2.45) is 0 Å². The summed E-state index contributed by atoms with van der Waals surface area (Å²) in [5.41, 5.74) is 2.72. The minimum Gasteiger partial charge on any atom is -0.493 e. The molecule has 0 N–H and O–H groups in total. The quantitative estimate of drug-likeness (QED) is 0.762. The van der Waals surface area contributed by atoms with Gasteiger partial charge in [0.25, 0.3) is 0 Å². The molecule has 96 valence electrons. The van der Waals surface area contributed by atoms with Gasteiger partial charge in [-0.2, -0.15) is 5.26 Å². The van der Waals surface area contributed by atoms with Crippen LogP contribution in [0.1, 0.15) is 29.5 Å². The van der Waals surface area contributed by atoms with Crippen LogP contribution in [0.15, 0.2) is 12.1 Å². The third kappa shape index (κ3) is 1.77. The lowest BCUT2D eigenvalue weighted by atomic mass is 9.82. The summed E-state index contributed by atoms with van der Waals surface area (Å²) in [5, 5.41) is 9.75. The molecule has 0 radical (unpaired) electrons. The zero-order valence-corrected chi connectivity index (χ0v) is 11.6. The Hall–Kier alpha value is -1.53. The highest BCUT2D eigenvalue weighted by Crippen LogP contribution is 2.42. The Kier molecular flexibility index (Phi) is 3.32. The van der Waals surface area contributed by atoms with Gasteiger partial charge < -0.3 is 4.74 Å². The van der Waals surface area contributed by atoms with Crippen molar-refractivity contribution in [1.29, 1.82) is 5.26 Å². The molecule has 3 heteroatoms. The Labute approximate surface area is 109 Å². The fourth-order valence-electron chi connectivity index (χ4n) is 2.77. The van der Waals surface area contributed by atoms with E-state index in [9.17, 15) is 5.26 Å². The monoisotopic (exact) mass is 244 g/mol. The third-order valence-electron chi connectivity index (χ3n) is 3.85. The summed E-state index contributed by atoms with van der Waals surface area (Å²) >= 11 is 0. The molecular weight excluding hydrogens is 224 g/mol. The van der Waals surface area contributed by atoms with Gasteiger partial charge in [-0.3, -0.25) is 4.90 Å². The Bertz CT molecular complexity index is 502. The molecule has 0 amide bonds. The standard InChI is InChI=1S/C15H20N2O/c1-11-6-7-12(2)14-13(11)15(10-16,17(3)4)8-5-9-18-14/h6-7H,5,8-9H2,1-4H3. The molecule has 0 bridgehead atoms. The molecule has 1 atom stereocenters. The van der Waals surface area contributed by atoms with Gasteiger partial charge in [0.2, 0.25) is 0 Å². The van der Waals surface area contributed by atoms with Crippen molar-refractivity contribution in [3.05, 3.63) is 28.8 Å². The molecule has 0 saturated heterocycles. The van der Waals surface area contributed by atoms with Gasteiger partial charge in [-0.15, -0.1) is 0 Å². The third-order valence-corrected chi connectivity index (χ3v) is 3.85. The minimum absolute atomic E-state index is 0.568. The Morgan fingerprint density at radius 2 is 1.94 bits per heavy atom. The normalized spacial score (nSPS) is 22.9. The lowest BCUT2D eigenvalue weighted by molar-refractivity contribution is 0.202. The molecule has 0 fully saturated rings. The first kappa shape index (κ1) is 12.9. The fourth-order valence-corrected chi connectivity index (χ4v) is 2.77. The van der Waals surface area contributed by atoms with E-state index in [0.717, 1.165) is 35.3 Å². The molecule has 0 spiro atoms. The van der Waals surface area contributed by atoms with Crippen LogP contribution in [-0.2, 0) is 5.54 Å². The maximum absolute atomic E-state index is 9.75. The van der Waals surface area contributed by atoms with Crippen LogP contribution in [0.4, 0.5) is 0 Å². The van der Waals surface area contributed by atoms with Gasteiger partial charge in [-0.25, -0.2) is 0 Å². The molecule has 1 aliphatic rings. The van der Waals surface area contributed by atoms with E-state index < -0.39 is 5.54 Å². The lowest BCUT2D eigenvalue weighted by Crippen LogP contribution is -2.40. The second-order valence-electron chi connectivity index (χ2n) is 5.22. The summed E-state index contributed by atoms with van der Waals surface area (Å²) in [4.78, 5) is 2.02. The zero-order valence-electron chi connectivity index (χ0n) is 11.6. The number of nitriles is 1. The molecule has 0 saturated carbocycles. The van der Waals surface area contributed by atoms with E-state index in [1.807, 2.05) is 25.9 Å². The van der Waals surface area contributed by atoms with E-state index in [1.165, 1.54) is 0 Å². The van der Waals surface area contributed by atoms with Gasteiger partial charge >= 0.3 is 0 Å². The highest BCUT2D eigenvalue weighted by atomic mass is 16.5. The Morgan fingerprint density at radius 3 is 2.56 bits per heavy atom. The Balaban J connectivity index is 2.76. The summed E-state index contributed by atoms with van der Waals surface area (Å²) in [6.45, 7) is 4.79. The largest absolute Gasteiger partial charge is 0.493 e. The van der Waals surface area contributed by atoms with Crippen molar-refractivity contribution in [3.8, 4) is 11.8 Å². The van der Waals surface area contributed by atoms with Crippen LogP contribution >= 0.6 is 0 Å². The van der Waals surface area contributed by atoms with Crippen LogP contribution < -0.4 is 4.74 Å². The molecule has 3 nitrogen and oxygen atoms in total. The van der Waals surface area contributed by atoms with E-state index in [2.05, 4.69) is 25.1 Å². The van der Waals surface area contributed by atoms with E-state index in [4.69, 9.17) is 4.74 Å². The van der Waals surface area contributed by atoms with E-state index >= 15 is 0 Å². The summed E-state index contributed by atoms with van der Waals surface area (Å²) in [6.07, 6.45) is 1.72. The number of hydrogen-bond donors (Lipinski definition) is 0. The molecule has 2 rings (SSSR count). The van der Waals surface area contributed by atoms with Gasteiger partial charge in [-0.05, 0) is 51.9 Å². The van der Waals surface area contributed by atoms with Crippen molar-refractivity contribution in [2.45, 2.75) is 32.2 Å². The molecule has 1 heterocycles. The van der Waals surface area contributed by atoms with E-state index in [0.29, 0.717) is 6.61 Å². The minimum atomic E-state index is -0.568. The van der Waals surface area contributed by atoms with Crippen molar-refractivity contribution < 1.29 is 4.74 Å². The van der Waals surface area contributed by atoms with Crippen molar-refractivity contribution in [2.75, 3.05) is 20.7 Å². The number of aryl methyl sites for hydroxylation is 2. The van der Waals surface area contributed by atoms with Gasteiger partial charge in [-0.1, -0.05) is 12.1 Å². The number of rotatable bonds is 1. The number of benzene rings is 1. The molecular formula is C15H20N2O. The first-order valence-electron chi connectivity index (χ1n) is 6.35. The molecule has 0 aromatic heterocycles. The highest BCUT2D eigenvalue weighted by Gasteiger charge is 2.40. The van der Waals surface area contributed by atoms with Crippen molar-refractivity contribution in [1.82, 2.24) is 4.90 Å². The van der Waals surface area contributed by atoms with Crippen molar-refractivity contribution in [3.63, 3.8) is 0 Å².